The fraction of sp³-hybridized carbons (Fsp3) is 0.286. The zero-order valence-corrected chi connectivity index (χ0v) is 11.7. The molecule has 1 aromatic carbocycles. The van der Waals surface area contributed by atoms with Crippen molar-refractivity contribution in [2.75, 3.05) is 13.2 Å². The first kappa shape index (κ1) is 16.0. The highest BCUT2D eigenvalue weighted by Crippen LogP contribution is 2.30. The summed E-state index contributed by atoms with van der Waals surface area (Å²) in [6.45, 7) is 1.47. The fourth-order valence-electron chi connectivity index (χ4n) is 1.97. The van der Waals surface area contributed by atoms with Gasteiger partial charge in [-0.1, -0.05) is 6.07 Å². The van der Waals surface area contributed by atoms with Crippen LogP contribution in [-0.4, -0.2) is 33.9 Å². The van der Waals surface area contributed by atoms with Crippen molar-refractivity contribution in [2.45, 2.75) is 13.1 Å². The molecule has 0 atom stereocenters. The second kappa shape index (κ2) is 6.18. The fourth-order valence-corrected chi connectivity index (χ4v) is 1.97. The maximum atomic E-state index is 12.7. The Balaban J connectivity index is 2.35. The van der Waals surface area contributed by atoms with E-state index in [0.717, 1.165) is 12.1 Å². The molecule has 22 heavy (non-hydrogen) atoms. The summed E-state index contributed by atoms with van der Waals surface area (Å²) in [4.78, 5) is 11.8. The van der Waals surface area contributed by atoms with Crippen LogP contribution in [-0.2, 0) is 6.18 Å². The number of aliphatic hydroxyl groups excluding tert-OH is 1. The molecule has 0 bridgehead atoms. The highest BCUT2D eigenvalue weighted by atomic mass is 19.4. The lowest BCUT2D eigenvalue weighted by Crippen LogP contribution is -2.26. The number of hydrogen-bond acceptors (Lipinski definition) is 3. The van der Waals surface area contributed by atoms with Crippen LogP contribution < -0.4 is 5.32 Å². The number of nitrogens with zero attached hydrogens (tertiary/aromatic N) is 2. The van der Waals surface area contributed by atoms with Crippen molar-refractivity contribution in [1.29, 1.82) is 0 Å². The van der Waals surface area contributed by atoms with Crippen LogP contribution in [0, 0.1) is 6.92 Å². The summed E-state index contributed by atoms with van der Waals surface area (Å²) in [5, 5.41) is 15.1. The minimum Gasteiger partial charge on any atom is -0.395 e. The third-order valence-electron chi connectivity index (χ3n) is 3.07. The second-order valence-corrected chi connectivity index (χ2v) is 4.58. The van der Waals surface area contributed by atoms with Crippen LogP contribution in [0.4, 0.5) is 13.2 Å². The predicted octanol–water partition coefficient (Wildman–Crippen LogP) is 1.92. The van der Waals surface area contributed by atoms with E-state index in [4.69, 9.17) is 5.11 Å². The Hall–Kier alpha value is -2.35. The van der Waals surface area contributed by atoms with Crippen LogP contribution in [0.1, 0.15) is 21.6 Å². The van der Waals surface area contributed by atoms with E-state index in [2.05, 4.69) is 10.4 Å². The van der Waals surface area contributed by atoms with Crippen LogP contribution in [0.15, 0.2) is 30.5 Å². The lowest BCUT2D eigenvalue weighted by Gasteiger charge is -2.10. The van der Waals surface area contributed by atoms with Gasteiger partial charge in [0, 0.05) is 6.54 Å². The number of benzene rings is 1. The van der Waals surface area contributed by atoms with Crippen molar-refractivity contribution in [2.24, 2.45) is 0 Å². The number of carbonyl (C=O) groups excluding carboxylic acids is 1. The number of amides is 1. The number of aliphatic hydroxyl groups is 1. The molecule has 5 nitrogen and oxygen atoms in total. The van der Waals surface area contributed by atoms with Crippen LogP contribution in [0.2, 0.25) is 0 Å². The van der Waals surface area contributed by atoms with Crippen molar-refractivity contribution >= 4 is 5.91 Å². The van der Waals surface area contributed by atoms with E-state index in [9.17, 15) is 18.0 Å². The van der Waals surface area contributed by atoms with Gasteiger partial charge in [-0.25, -0.2) is 4.68 Å². The molecule has 0 unspecified atom stereocenters. The number of alkyl halides is 3. The highest BCUT2D eigenvalue weighted by molar-refractivity contribution is 5.95. The number of hydrogen-bond donors (Lipinski definition) is 2. The first-order valence-corrected chi connectivity index (χ1v) is 6.46. The Morgan fingerprint density at radius 1 is 1.41 bits per heavy atom. The van der Waals surface area contributed by atoms with E-state index in [1.54, 1.807) is 6.92 Å². The average molecular weight is 313 g/mol. The number of nitrogens with one attached hydrogen (secondary N) is 1. The summed E-state index contributed by atoms with van der Waals surface area (Å²) in [6, 6.07) is 4.70. The second-order valence-electron chi connectivity index (χ2n) is 4.58. The molecule has 118 valence electrons. The minimum atomic E-state index is -4.45. The van der Waals surface area contributed by atoms with Gasteiger partial charge in [-0.15, -0.1) is 0 Å². The van der Waals surface area contributed by atoms with Crippen molar-refractivity contribution in [1.82, 2.24) is 15.1 Å². The van der Waals surface area contributed by atoms with E-state index in [0.29, 0.717) is 5.69 Å². The van der Waals surface area contributed by atoms with Gasteiger partial charge in [-0.05, 0) is 25.1 Å². The standard InChI is InChI=1S/C14H14F3N3O2/c1-9-12(13(22)18-5-6-21)8-19-20(9)11-4-2-3-10(7-11)14(15,16)17/h2-4,7-8,21H,5-6H2,1H3,(H,18,22). The quantitative estimate of drug-likeness (QED) is 0.906. The molecule has 0 aliphatic carbocycles. The number of aromatic nitrogens is 2. The van der Waals surface area contributed by atoms with Gasteiger partial charge in [0.2, 0.25) is 0 Å². The van der Waals surface area contributed by atoms with E-state index >= 15 is 0 Å². The molecule has 0 radical (unpaired) electrons. The van der Waals surface area contributed by atoms with E-state index in [1.807, 2.05) is 0 Å². The van der Waals surface area contributed by atoms with Crippen molar-refractivity contribution < 1.29 is 23.1 Å². The minimum absolute atomic E-state index is 0.0903. The molecule has 1 heterocycles. The summed E-state index contributed by atoms with van der Waals surface area (Å²) < 4.78 is 39.5. The largest absolute Gasteiger partial charge is 0.416 e. The zero-order chi connectivity index (χ0) is 16.3. The number of rotatable bonds is 4. The molecule has 1 amide bonds. The third-order valence-corrected chi connectivity index (χ3v) is 3.07. The molecule has 0 aliphatic heterocycles. The molecular formula is C14H14F3N3O2. The van der Waals surface area contributed by atoms with Crippen molar-refractivity contribution in [3.63, 3.8) is 0 Å². The summed E-state index contributed by atoms with van der Waals surface area (Å²) in [5.74, 6) is -0.440. The average Bonchev–Trinajstić information content (AvgIpc) is 2.86. The topological polar surface area (TPSA) is 67.2 Å². The first-order chi connectivity index (χ1) is 10.3. The molecule has 0 spiro atoms. The Kier molecular flexibility index (Phi) is 4.51. The van der Waals surface area contributed by atoms with Gasteiger partial charge in [0.05, 0.1) is 35.3 Å². The number of carbonyl (C=O) groups is 1. The number of halogens is 3. The smallest absolute Gasteiger partial charge is 0.395 e. The van der Waals surface area contributed by atoms with E-state index in [1.165, 1.54) is 23.0 Å². The third kappa shape index (κ3) is 3.28. The normalized spacial score (nSPS) is 11.5. The van der Waals surface area contributed by atoms with Gasteiger partial charge in [-0.2, -0.15) is 18.3 Å². The first-order valence-electron chi connectivity index (χ1n) is 6.46. The molecule has 8 heteroatoms. The Morgan fingerprint density at radius 2 is 2.14 bits per heavy atom. The monoisotopic (exact) mass is 313 g/mol. The molecule has 0 fully saturated rings. The molecular weight excluding hydrogens is 299 g/mol. The summed E-state index contributed by atoms with van der Waals surface area (Å²) in [6.07, 6.45) is -3.17. The highest BCUT2D eigenvalue weighted by Gasteiger charge is 2.30. The molecule has 2 rings (SSSR count). The molecule has 1 aromatic heterocycles. The van der Waals surface area contributed by atoms with Crippen LogP contribution in [0.5, 0.6) is 0 Å². The maximum absolute atomic E-state index is 12.7. The van der Waals surface area contributed by atoms with E-state index < -0.39 is 17.6 Å². The molecule has 2 N–H and O–H groups in total. The van der Waals surface area contributed by atoms with Gasteiger partial charge in [0.1, 0.15) is 0 Å². The molecule has 0 saturated heterocycles. The van der Waals surface area contributed by atoms with Crippen LogP contribution >= 0.6 is 0 Å². The van der Waals surface area contributed by atoms with Gasteiger partial charge in [-0.3, -0.25) is 4.79 Å². The Bertz CT molecular complexity index is 680. The molecule has 0 aliphatic rings. The lowest BCUT2D eigenvalue weighted by molar-refractivity contribution is -0.137. The van der Waals surface area contributed by atoms with Gasteiger partial charge < -0.3 is 10.4 Å². The van der Waals surface area contributed by atoms with Crippen molar-refractivity contribution in [3.05, 3.63) is 47.3 Å². The molecule has 2 aromatic rings. The maximum Gasteiger partial charge on any atom is 0.416 e. The van der Waals surface area contributed by atoms with Crippen molar-refractivity contribution in [3.8, 4) is 5.69 Å². The summed E-state index contributed by atoms with van der Waals surface area (Å²) >= 11 is 0. The molecule has 0 saturated carbocycles. The predicted molar refractivity (Wildman–Crippen MR) is 72.7 cm³/mol. The Labute approximate surface area is 124 Å². The summed E-state index contributed by atoms with van der Waals surface area (Å²) in [5.41, 5.74) is 0.0836. The summed E-state index contributed by atoms with van der Waals surface area (Å²) in [7, 11) is 0. The SMILES string of the molecule is Cc1c(C(=O)NCCO)cnn1-c1cccc(C(F)(F)F)c1. The van der Waals surface area contributed by atoms with Crippen LogP contribution in [0.3, 0.4) is 0 Å². The lowest BCUT2D eigenvalue weighted by atomic mass is 10.2. The van der Waals surface area contributed by atoms with Gasteiger partial charge in [0.15, 0.2) is 0 Å². The Morgan fingerprint density at radius 3 is 2.77 bits per heavy atom. The van der Waals surface area contributed by atoms with E-state index in [-0.39, 0.29) is 24.4 Å². The van der Waals surface area contributed by atoms with Gasteiger partial charge in [0.25, 0.3) is 5.91 Å². The van der Waals surface area contributed by atoms with Gasteiger partial charge >= 0.3 is 6.18 Å². The zero-order valence-electron chi connectivity index (χ0n) is 11.7. The van der Waals surface area contributed by atoms with Crippen LogP contribution in [0.25, 0.3) is 5.69 Å².